The molecule has 0 aliphatic rings. The molecule has 0 atom stereocenters. The van der Waals surface area contributed by atoms with Gasteiger partial charge < -0.3 is 4.98 Å². The quantitative estimate of drug-likeness (QED) is 0.331. The summed E-state index contributed by atoms with van der Waals surface area (Å²) in [7, 11) is 0. The zero-order valence-corrected chi connectivity index (χ0v) is 14.6. The van der Waals surface area contributed by atoms with Crippen LogP contribution in [0, 0.1) is 0 Å². The van der Waals surface area contributed by atoms with E-state index in [2.05, 4.69) is 96.0 Å². The van der Waals surface area contributed by atoms with E-state index >= 15 is 0 Å². The third-order valence-electron chi connectivity index (χ3n) is 5.40. The number of H-pyrrole nitrogens is 1. The second kappa shape index (κ2) is 5.42. The van der Waals surface area contributed by atoms with E-state index in [1.807, 2.05) is 0 Å². The van der Waals surface area contributed by atoms with Crippen LogP contribution in [0.5, 0.6) is 0 Å². The number of hydrogen-bond donors (Lipinski definition) is 1. The Balaban J connectivity index is 1.62. The SMILES string of the molecule is c1ccc2cc(-c3nc4c(ccc5c6ccccc6ccc54)[nH]3)ccc2c1. The van der Waals surface area contributed by atoms with E-state index < -0.39 is 0 Å². The van der Waals surface area contributed by atoms with Crippen LogP contribution in [-0.2, 0) is 0 Å². The van der Waals surface area contributed by atoms with E-state index in [-0.39, 0.29) is 0 Å². The second-order valence-corrected chi connectivity index (χ2v) is 6.99. The van der Waals surface area contributed by atoms with Gasteiger partial charge in [-0.25, -0.2) is 4.98 Å². The predicted octanol–water partition coefficient (Wildman–Crippen LogP) is 6.69. The van der Waals surface area contributed by atoms with Crippen LogP contribution >= 0.6 is 0 Å². The number of benzene rings is 5. The molecule has 5 aromatic carbocycles. The lowest BCUT2D eigenvalue weighted by molar-refractivity contribution is 1.34. The number of fused-ring (bicyclic) bond motifs is 6. The fourth-order valence-corrected chi connectivity index (χ4v) is 4.03. The molecule has 6 rings (SSSR count). The van der Waals surface area contributed by atoms with E-state index in [0.29, 0.717) is 0 Å². The molecule has 0 saturated carbocycles. The highest BCUT2D eigenvalue weighted by atomic mass is 14.9. The Kier molecular flexibility index (Phi) is 2.91. The van der Waals surface area contributed by atoms with Gasteiger partial charge in [0.1, 0.15) is 5.82 Å². The molecule has 2 nitrogen and oxygen atoms in total. The third kappa shape index (κ3) is 2.17. The van der Waals surface area contributed by atoms with Crippen molar-refractivity contribution in [3.8, 4) is 11.4 Å². The number of rotatable bonds is 1. The van der Waals surface area contributed by atoms with Gasteiger partial charge in [-0.2, -0.15) is 0 Å². The molecule has 1 heterocycles. The van der Waals surface area contributed by atoms with Crippen molar-refractivity contribution < 1.29 is 0 Å². The van der Waals surface area contributed by atoms with Gasteiger partial charge >= 0.3 is 0 Å². The fourth-order valence-electron chi connectivity index (χ4n) is 4.03. The van der Waals surface area contributed by atoms with E-state index in [1.54, 1.807) is 0 Å². The molecule has 0 aliphatic carbocycles. The minimum Gasteiger partial charge on any atom is -0.338 e. The number of aromatic nitrogens is 2. The highest BCUT2D eigenvalue weighted by Gasteiger charge is 2.10. The Morgan fingerprint density at radius 2 is 1.30 bits per heavy atom. The summed E-state index contributed by atoms with van der Waals surface area (Å²) in [5.74, 6) is 0.913. The van der Waals surface area contributed by atoms with Gasteiger partial charge in [-0.15, -0.1) is 0 Å². The summed E-state index contributed by atoms with van der Waals surface area (Å²) in [5, 5.41) is 7.44. The van der Waals surface area contributed by atoms with Crippen LogP contribution < -0.4 is 0 Å². The van der Waals surface area contributed by atoms with Gasteiger partial charge in [-0.3, -0.25) is 0 Å². The molecule has 2 heteroatoms. The molecule has 126 valence electrons. The van der Waals surface area contributed by atoms with Gasteiger partial charge in [0.25, 0.3) is 0 Å². The largest absolute Gasteiger partial charge is 0.338 e. The third-order valence-corrected chi connectivity index (χ3v) is 5.40. The Morgan fingerprint density at radius 1 is 0.556 bits per heavy atom. The number of nitrogens with one attached hydrogen (secondary N) is 1. The predicted molar refractivity (Wildman–Crippen MR) is 114 cm³/mol. The van der Waals surface area contributed by atoms with E-state index in [1.165, 1.54) is 32.3 Å². The number of imidazole rings is 1. The standard InChI is InChI=1S/C25H16N2/c1-2-7-18-15-19(10-9-16(18)5-1)25-26-23-14-13-21-20-8-4-3-6-17(20)11-12-22(21)24(23)27-25/h1-15H,(H,26,27). The molecule has 1 N–H and O–H groups in total. The topological polar surface area (TPSA) is 28.7 Å². The Labute approximate surface area is 156 Å². The summed E-state index contributed by atoms with van der Waals surface area (Å²) < 4.78 is 0. The van der Waals surface area contributed by atoms with E-state index in [4.69, 9.17) is 4.98 Å². The van der Waals surface area contributed by atoms with Gasteiger partial charge in [0, 0.05) is 10.9 Å². The first kappa shape index (κ1) is 14.5. The summed E-state index contributed by atoms with van der Waals surface area (Å²) in [4.78, 5) is 8.47. The summed E-state index contributed by atoms with van der Waals surface area (Å²) in [5.41, 5.74) is 3.21. The molecule has 0 fully saturated rings. The van der Waals surface area contributed by atoms with Crippen molar-refractivity contribution >= 4 is 43.4 Å². The summed E-state index contributed by atoms with van der Waals surface area (Å²) in [6.45, 7) is 0. The molecule has 0 aliphatic heterocycles. The van der Waals surface area contributed by atoms with Crippen LogP contribution in [0.3, 0.4) is 0 Å². The zero-order valence-electron chi connectivity index (χ0n) is 14.6. The molecule has 0 unspecified atom stereocenters. The van der Waals surface area contributed by atoms with Gasteiger partial charge in [0.05, 0.1) is 11.0 Å². The molecule has 0 spiro atoms. The van der Waals surface area contributed by atoms with Crippen LogP contribution in [0.15, 0.2) is 91.0 Å². The van der Waals surface area contributed by atoms with E-state index in [9.17, 15) is 0 Å². The monoisotopic (exact) mass is 344 g/mol. The van der Waals surface area contributed by atoms with Crippen molar-refractivity contribution in [2.45, 2.75) is 0 Å². The molecule has 0 amide bonds. The van der Waals surface area contributed by atoms with Crippen LogP contribution in [-0.4, -0.2) is 9.97 Å². The maximum Gasteiger partial charge on any atom is 0.138 e. The number of aromatic amines is 1. The maximum atomic E-state index is 4.97. The van der Waals surface area contributed by atoms with Crippen LogP contribution in [0.25, 0.3) is 54.7 Å². The average Bonchev–Trinajstić information content (AvgIpc) is 3.18. The molecular formula is C25H16N2. The van der Waals surface area contributed by atoms with Crippen molar-refractivity contribution in [1.82, 2.24) is 9.97 Å². The minimum atomic E-state index is 0.913. The van der Waals surface area contributed by atoms with Crippen LogP contribution in [0.2, 0.25) is 0 Å². The highest BCUT2D eigenvalue weighted by molar-refractivity contribution is 6.15. The smallest absolute Gasteiger partial charge is 0.138 e. The van der Waals surface area contributed by atoms with Crippen molar-refractivity contribution in [1.29, 1.82) is 0 Å². The molecule has 0 saturated heterocycles. The number of hydrogen-bond acceptors (Lipinski definition) is 1. The maximum absolute atomic E-state index is 4.97. The van der Waals surface area contributed by atoms with Crippen molar-refractivity contribution in [2.24, 2.45) is 0 Å². The Hall–Kier alpha value is -3.65. The molecule has 27 heavy (non-hydrogen) atoms. The van der Waals surface area contributed by atoms with Crippen LogP contribution in [0.1, 0.15) is 0 Å². The Bertz CT molecular complexity index is 1470. The lowest BCUT2D eigenvalue weighted by atomic mass is 10.0. The molecular weight excluding hydrogens is 328 g/mol. The summed E-state index contributed by atoms with van der Waals surface area (Å²) in [6.07, 6.45) is 0. The number of nitrogens with zero attached hydrogens (tertiary/aromatic N) is 1. The summed E-state index contributed by atoms with van der Waals surface area (Å²) in [6, 6.07) is 32.1. The van der Waals surface area contributed by atoms with Gasteiger partial charge in [0.15, 0.2) is 0 Å². The van der Waals surface area contributed by atoms with Crippen molar-refractivity contribution in [3.63, 3.8) is 0 Å². The van der Waals surface area contributed by atoms with Crippen molar-refractivity contribution in [3.05, 3.63) is 91.0 Å². The normalized spacial score (nSPS) is 11.7. The first-order chi connectivity index (χ1) is 13.4. The fraction of sp³-hybridized carbons (Fsp3) is 0. The molecule has 0 bridgehead atoms. The highest BCUT2D eigenvalue weighted by Crippen LogP contribution is 2.32. The van der Waals surface area contributed by atoms with Gasteiger partial charge in [-0.1, -0.05) is 78.9 Å². The minimum absolute atomic E-state index is 0.913. The molecule has 6 aromatic rings. The van der Waals surface area contributed by atoms with E-state index in [0.717, 1.165) is 22.4 Å². The second-order valence-electron chi connectivity index (χ2n) is 6.99. The first-order valence-electron chi connectivity index (χ1n) is 9.16. The zero-order chi connectivity index (χ0) is 17.8. The Morgan fingerprint density at radius 3 is 2.22 bits per heavy atom. The summed E-state index contributed by atoms with van der Waals surface area (Å²) >= 11 is 0. The lowest BCUT2D eigenvalue weighted by Crippen LogP contribution is -1.81. The molecule has 1 aromatic heterocycles. The molecule has 0 radical (unpaired) electrons. The average molecular weight is 344 g/mol. The van der Waals surface area contributed by atoms with Crippen LogP contribution in [0.4, 0.5) is 0 Å². The van der Waals surface area contributed by atoms with Crippen molar-refractivity contribution in [2.75, 3.05) is 0 Å². The van der Waals surface area contributed by atoms with Gasteiger partial charge in [-0.05, 0) is 39.1 Å². The lowest BCUT2D eigenvalue weighted by Gasteiger charge is -2.04. The van der Waals surface area contributed by atoms with Gasteiger partial charge in [0.2, 0.25) is 0 Å². The first-order valence-corrected chi connectivity index (χ1v) is 9.16.